The van der Waals surface area contributed by atoms with E-state index in [-0.39, 0.29) is 6.10 Å². The van der Waals surface area contributed by atoms with Gasteiger partial charge in [0.05, 0.1) is 6.10 Å². The molecule has 4 aliphatic carbocycles. The zero-order valence-electron chi connectivity index (χ0n) is 13.9. The van der Waals surface area contributed by atoms with E-state index in [1.807, 2.05) is 0 Å². The average Bonchev–Trinajstić information content (AvgIpc) is 2.83. The molecule has 0 bridgehead atoms. The zero-order valence-corrected chi connectivity index (χ0v) is 13.9. The van der Waals surface area contributed by atoms with Crippen LogP contribution in [0.5, 0.6) is 0 Å². The third-order valence-corrected chi connectivity index (χ3v) is 8.12. The largest absolute Gasteiger partial charge is 0.393 e. The van der Waals surface area contributed by atoms with Crippen molar-refractivity contribution in [1.29, 1.82) is 0 Å². The van der Waals surface area contributed by atoms with Gasteiger partial charge in [-0.3, -0.25) is 0 Å². The second kappa shape index (κ2) is 5.11. The molecule has 4 fully saturated rings. The molecular weight excluding hydrogens is 256 g/mol. The van der Waals surface area contributed by atoms with Crippen LogP contribution in [-0.2, 0) is 0 Å². The molecule has 21 heavy (non-hydrogen) atoms. The molecule has 7 atom stereocenters. The first-order chi connectivity index (χ1) is 10.1. The minimum absolute atomic E-state index is 0.0118. The number of rotatable bonds is 0. The maximum absolute atomic E-state index is 9.99. The molecule has 0 aromatic rings. The van der Waals surface area contributed by atoms with Gasteiger partial charge in [-0.25, -0.2) is 0 Å². The first kappa shape index (κ1) is 14.3. The predicted molar refractivity (Wildman–Crippen MR) is 86.9 cm³/mol. The second-order valence-electron chi connectivity index (χ2n) is 8.71. The molecule has 0 unspecified atom stereocenters. The van der Waals surface area contributed by atoms with Crippen molar-refractivity contribution >= 4 is 0 Å². The highest BCUT2D eigenvalue weighted by molar-refractivity contribution is 5.23. The van der Waals surface area contributed by atoms with E-state index in [1.54, 1.807) is 5.57 Å². The van der Waals surface area contributed by atoms with E-state index in [0.29, 0.717) is 5.41 Å². The van der Waals surface area contributed by atoms with Gasteiger partial charge in [0.25, 0.3) is 0 Å². The van der Waals surface area contributed by atoms with Gasteiger partial charge in [0.2, 0.25) is 0 Å². The van der Waals surface area contributed by atoms with Crippen molar-refractivity contribution in [1.82, 2.24) is 0 Å². The minimum Gasteiger partial charge on any atom is -0.393 e. The van der Waals surface area contributed by atoms with E-state index >= 15 is 0 Å². The van der Waals surface area contributed by atoms with E-state index in [0.717, 1.165) is 42.4 Å². The number of fused-ring (bicyclic) bond motifs is 5. The minimum atomic E-state index is 0.0118. The molecule has 1 nitrogen and oxygen atoms in total. The summed E-state index contributed by atoms with van der Waals surface area (Å²) in [4.78, 5) is 0. The van der Waals surface area contributed by atoms with Crippen LogP contribution in [0, 0.1) is 35.0 Å². The molecule has 0 amide bonds. The molecule has 0 aromatic heterocycles. The number of allylic oxidation sites excluding steroid dienone is 2. The average molecular weight is 288 g/mol. The fourth-order valence-electron chi connectivity index (χ4n) is 7.15. The van der Waals surface area contributed by atoms with E-state index in [2.05, 4.69) is 19.9 Å². The van der Waals surface area contributed by atoms with Crippen molar-refractivity contribution in [2.75, 3.05) is 0 Å². The van der Waals surface area contributed by atoms with Crippen LogP contribution < -0.4 is 0 Å². The summed E-state index contributed by atoms with van der Waals surface area (Å²) >= 11 is 0. The van der Waals surface area contributed by atoms with E-state index in [1.165, 1.54) is 44.9 Å². The van der Waals surface area contributed by atoms with Gasteiger partial charge in [-0.15, -0.1) is 0 Å². The lowest BCUT2D eigenvalue weighted by Crippen LogP contribution is -2.48. The first-order valence-corrected chi connectivity index (χ1v) is 9.47. The van der Waals surface area contributed by atoms with Gasteiger partial charge in [-0.2, -0.15) is 0 Å². The number of hydrogen-bond donors (Lipinski definition) is 1. The molecule has 4 saturated carbocycles. The molecule has 0 radical (unpaired) electrons. The molecule has 4 aliphatic rings. The van der Waals surface area contributed by atoms with Gasteiger partial charge in [0, 0.05) is 0 Å². The smallest absolute Gasteiger partial charge is 0.0543 e. The zero-order chi connectivity index (χ0) is 14.6. The second-order valence-corrected chi connectivity index (χ2v) is 8.71. The monoisotopic (exact) mass is 288 g/mol. The SMILES string of the molecule is C/C=C1/CC[C@H]2[C@@H]3CC[C@@H]4C[C@H](O)CC[C@@H]4[C@H]3CC[C@]12C. The highest BCUT2D eigenvalue weighted by Gasteiger charge is 2.54. The van der Waals surface area contributed by atoms with Crippen LogP contribution in [0.3, 0.4) is 0 Å². The van der Waals surface area contributed by atoms with Gasteiger partial charge < -0.3 is 5.11 Å². The molecule has 1 heteroatoms. The molecule has 4 rings (SSSR count). The number of aliphatic hydroxyl groups is 1. The van der Waals surface area contributed by atoms with Crippen LogP contribution in [0.25, 0.3) is 0 Å². The molecule has 1 N–H and O–H groups in total. The third-order valence-electron chi connectivity index (χ3n) is 8.12. The van der Waals surface area contributed by atoms with E-state index in [9.17, 15) is 5.11 Å². The highest BCUT2D eigenvalue weighted by atomic mass is 16.3. The van der Waals surface area contributed by atoms with Gasteiger partial charge in [-0.1, -0.05) is 18.6 Å². The van der Waals surface area contributed by atoms with Crippen molar-refractivity contribution < 1.29 is 5.11 Å². The summed E-state index contributed by atoms with van der Waals surface area (Å²) < 4.78 is 0. The topological polar surface area (TPSA) is 20.2 Å². The molecule has 0 heterocycles. The predicted octanol–water partition coefficient (Wildman–Crippen LogP) is 4.95. The Morgan fingerprint density at radius 1 is 1.00 bits per heavy atom. The van der Waals surface area contributed by atoms with Crippen molar-refractivity contribution in [2.24, 2.45) is 35.0 Å². The highest BCUT2D eigenvalue weighted by Crippen LogP contribution is 2.63. The quantitative estimate of drug-likeness (QED) is 0.626. The van der Waals surface area contributed by atoms with Gasteiger partial charge in [0.15, 0.2) is 0 Å². The summed E-state index contributed by atoms with van der Waals surface area (Å²) in [7, 11) is 0. The Morgan fingerprint density at radius 3 is 2.62 bits per heavy atom. The first-order valence-electron chi connectivity index (χ1n) is 9.47. The lowest BCUT2D eigenvalue weighted by atomic mass is 9.50. The van der Waals surface area contributed by atoms with Crippen molar-refractivity contribution in [2.45, 2.75) is 77.7 Å². The molecule has 0 aromatic carbocycles. The van der Waals surface area contributed by atoms with Gasteiger partial charge in [0.1, 0.15) is 0 Å². The van der Waals surface area contributed by atoms with Crippen molar-refractivity contribution in [3.63, 3.8) is 0 Å². The van der Waals surface area contributed by atoms with Crippen LogP contribution in [0.15, 0.2) is 11.6 Å². The molecular formula is C20H32O. The van der Waals surface area contributed by atoms with Crippen LogP contribution in [0.4, 0.5) is 0 Å². The Bertz CT molecular complexity index is 439. The lowest BCUT2D eigenvalue weighted by molar-refractivity contribution is -0.0610. The van der Waals surface area contributed by atoms with E-state index < -0.39 is 0 Å². The summed E-state index contributed by atoms with van der Waals surface area (Å²) in [5.74, 6) is 4.76. The van der Waals surface area contributed by atoms with Crippen molar-refractivity contribution in [3.05, 3.63) is 11.6 Å². The molecule has 0 aliphatic heterocycles. The Labute approximate surface area is 130 Å². The number of aliphatic hydroxyl groups excluding tert-OH is 1. The summed E-state index contributed by atoms with van der Waals surface area (Å²) in [6.07, 6.45) is 14.5. The van der Waals surface area contributed by atoms with Crippen molar-refractivity contribution in [3.8, 4) is 0 Å². The lowest BCUT2D eigenvalue weighted by Gasteiger charge is -2.55. The Kier molecular flexibility index (Phi) is 3.48. The van der Waals surface area contributed by atoms with Gasteiger partial charge >= 0.3 is 0 Å². The van der Waals surface area contributed by atoms with Crippen LogP contribution in [0.2, 0.25) is 0 Å². The summed E-state index contributed by atoms with van der Waals surface area (Å²) in [5, 5.41) is 9.99. The third kappa shape index (κ3) is 2.06. The fraction of sp³-hybridized carbons (Fsp3) is 0.900. The fourth-order valence-corrected chi connectivity index (χ4v) is 7.15. The Hall–Kier alpha value is -0.300. The van der Waals surface area contributed by atoms with Gasteiger partial charge in [-0.05, 0) is 99.7 Å². The Morgan fingerprint density at radius 2 is 1.81 bits per heavy atom. The van der Waals surface area contributed by atoms with Crippen LogP contribution >= 0.6 is 0 Å². The summed E-state index contributed by atoms with van der Waals surface area (Å²) in [6, 6.07) is 0. The van der Waals surface area contributed by atoms with Crippen LogP contribution in [-0.4, -0.2) is 11.2 Å². The Balaban J connectivity index is 1.58. The molecule has 0 spiro atoms. The standard InChI is InChI=1S/C20H32O/c1-3-14-5-9-19-18-7-4-13-12-15(21)6-8-16(13)17(18)10-11-20(14,19)2/h3,13,15-19,21H,4-12H2,1-2H3/b14-3-/t13-,15-,16+,17-,18-,19+,20-/m1/s1. The summed E-state index contributed by atoms with van der Waals surface area (Å²) in [6.45, 7) is 4.83. The normalized spacial score (nSPS) is 54.9. The summed E-state index contributed by atoms with van der Waals surface area (Å²) in [5.41, 5.74) is 2.31. The molecule has 0 saturated heterocycles. The number of hydrogen-bond acceptors (Lipinski definition) is 1. The maximum Gasteiger partial charge on any atom is 0.0543 e. The maximum atomic E-state index is 9.99. The van der Waals surface area contributed by atoms with Crippen LogP contribution in [0.1, 0.15) is 71.6 Å². The molecule has 118 valence electrons. The van der Waals surface area contributed by atoms with E-state index in [4.69, 9.17) is 0 Å².